The highest BCUT2D eigenvalue weighted by Gasteiger charge is 2.11. The van der Waals surface area contributed by atoms with E-state index in [9.17, 15) is 9.59 Å². The number of carbonyl (C=O) groups excluding carboxylic acids is 1. The van der Waals surface area contributed by atoms with Gasteiger partial charge in [-0.05, 0) is 30.7 Å². The van der Waals surface area contributed by atoms with Gasteiger partial charge in [0.2, 0.25) is 0 Å². The van der Waals surface area contributed by atoms with Crippen LogP contribution in [0, 0.1) is 6.92 Å². The first kappa shape index (κ1) is 15.1. The minimum absolute atomic E-state index is 0.125. The van der Waals surface area contributed by atoms with Crippen molar-refractivity contribution in [3.05, 3.63) is 51.2 Å². The van der Waals surface area contributed by atoms with Crippen molar-refractivity contribution in [3.63, 3.8) is 0 Å². The molecule has 1 aromatic carbocycles. The summed E-state index contributed by atoms with van der Waals surface area (Å²) in [6.07, 6.45) is 0. The SMILES string of the molecule is CNC(=O)c1cccc(NCc2cc(C(=O)O)cs2)c1C. The molecule has 110 valence electrons. The van der Waals surface area contributed by atoms with Crippen molar-refractivity contribution >= 4 is 28.9 Å². The van der Waals surface area contributed by atoms with E-state index >= 15 is 0 Å². The summed E-state index contributed by atoms with van der Waals surface area (Å²) < 4.78 is 0. The molecule has 0 spiro atoms. The maximum atomic E-state index is 11.7. The molecule has 5 nitrogen and oxygen atoms in total. The van der Waals surface area contributed by atoms with Crippen LogP contribution in [0.3, 0.4) is 0 Å². The molecule has 1 aromatic heterocycles. The highest BCUT2D eigenvalue weighted by atomic mass is 32.1. The predicted molar refractivity (Wildman–Crippen MR) is 83.2 cm³/mol. The highest BCUT2D eigenvalue weighted by molar-refractivity contribution is 7.10. The number of carboxylic acids is 1. The van der Waals surface area contributed by atoms with Gasteiger partial charge in [-0.3, -0.25) is 4.79 Å². The third-order valence-electron chi connectivity index (χ3n) is 3.16. The minimum Gasteiger partial charge on any atom is -0.478 e. The van der Waals surface area contributed by atoms with Crippen LogP contribution in [0.5, 0.6) is 0 Å². The van der Waals surface area contributed by atoms with E-state index in [1.54, 1.807) is 24.6 Å². The van der Waals surface area contributed by atoms with Crippen LogP contribution in [-0.4, -0.2) is 24.0 Å². The molecule has 0 aliphatic heterocycles. The Labute approximate surface area is 126 Å². The number of rotatable bonds is 5. The topological polar surface area (TPSA) is 78.4 Å². The second-order valence-electron chi connectivity index (χ2n) is 4.52. The van der Waals surface area contributed by atoms with Crippen LogP contribution in [0.2, 0.25) is 0 Å². The van der Waals surface area contributed by atoms with Crippen molar-refractivity contribution in [2.45, 2.75) is 13.5 Å². The van der Waals surface area contributed by atoms with Gasteiger partial charge in [-0.1, -0.05) is 6.07 Å². The molecule has 2 rings (SSSR count). The lowest BCUT2D eigenvalue weighted by Crippen LogP contribution is -2.19. The average molecular weight is 304 g/mol. The normalized spacial score (nSPS) is 10.2. The second-order valence-corrected chi connectivity index (χ2v) is 5.51. The molecule has 2 aromatic rings. The van der Waals surface area contributed by atoms with Crippen molar-refractivity contribution in [1.29, 1.82) is 0 Å². The van der Waals surface area contributed by atoms with Gasteiger partial charge in [0.15, 0.2) is 0 Å². The number of benzene rings is 1. The summed E-state index contributed by atoms with van der Waals surface area (Å²) in [7, 11) is 1.60. The lowest BCUT2D eigenvalue weighted by molar-refractivity contribution is 0.0697. The average Bonchev–Trinajstić information content (AvgIpc) is 2.94. The van der Waals surface area contributed by atoms with E-state index in [0.717, 1.165) is 16.1 Å². The molecule has 0 radical (unpaired) electrons. The molecule has 0 saturated carbocycles. The number of nitrogens with one attached hydrogen (secondary N) is 2. The summed E-state index contributed by atoms with van der Waals surface area (Å²) in [4.78, 5) is 23.5. The van der Waals surface area contributed by atoms with Crippen LogP contribution in [0.4, 0.5) is 5.69 Å². The molecule has 1 heterocycles. The van der Waals surface area contributed by atoms with E-state index in [4.69, 9.17) is 5.11 Å². The Kier molecular flexibility index (Phi) is 4.59. The summed E-state index contributed by atoms with van der Waals surface area (Å²) in [5.41, 5.74) is 2.65. The van der Waals surface area contributed by atoms with Crippen LogP contribution in [-0.2, 0) is 6.54 Å². The third kappa shape index (κ3) is 3.41. The van der Waals surface area contributed by atoms with Crippen molar-refractivity contribution in [2.24, 2.45) is 0 Å². The van der Waals surface area contributed by atoms with Crippen LogP contribution in [0.1, 0.15) is 31.2 Å². The quantitative estimate of drug-likeness (QED) is 0.793. The van der Waals surface area contributed by atoms with Gasteiger partial charge in [-0.2, -0.15) is 0 Å². The van der Waals surface area contributed by atoms with Gasteiger partial charge >= 0.3 is 5.97 Å². The Hall–Kier alpha value is -2.34. The van der Waals surface area contributed by atoms with Gasteiger partial charge in [-0.15, -0.1) is 11.3 Å². The van der Waals surface area contributed by atoms with Gasteiger partial charge in [0.25, 0.3) is 5.91 Å². The second kappa shape index (κ2) is 6.41. The van der Waals surface area contributed by atoms with Crippen LogP contribution < -0.4 is 10.6 Å². The number of aromatic carboxylic acids is 1. The minimum atomic E-state index is -0.921. The van der Waals surface area contributed by atoms with Gasteiger partial charge in [0, 0.05) is 35.1 Å². The molecule has 1 amide bonds. The van der Waals surface area contributed by atoms with Crippen molar-refractivity contribution in [2.75, 3.05) is 12.4 Å². The van der Waals surface area contributed by atoms with Gasteiger partial charge in [-0.25, -0.2) is 4.79 Å². The number of hydrogen-bond acceptors (Lipinski definition) is 4. The van der Waals surface area contributed by atoms with Gasteiger partial charge in [0.05, 0.1) is 5.56 Å². The van der Waals surface area contributed by atoms with Gasteiger partial charge in [0.1, 0.15) is 0 Å². The predicted octanol–water partition coefficient (Wildman–Crippen LogP) is 2.73. The van der Waals surface area contributed by atoms with Crippen LogP contribution >= 0.6 is 11.3 Å². The third-order valence-corrected chi connectivity index (χ3v) is 4.10. The van der Waals surface area contributed by atoms with E-state index in [2.05, 4.69) is 10.6 Å². The number of thiophene rings is 1. The Balaban J connectivity index is 2.12. The fourth-order valence-corrected chi connectivity index (χ4v) is 2.77. The smallest absolute Gasteiger partial charge is 0.336 e. The van der Waals surface area contributed by atoms with Crippen molar-refractivity contribution in [1.82, 2.24) is 5.32 Å². The standard InChI is InChI=1S/C15H16N2O3S/c1-9-12(14(18)16-2)4-3-5-13(9)17-7-11-6-10(8-21-11)15(19)20/h3-6,8,17H,7H2,1-2H3,(H,16,18)(H,19,20). The molecule has 21 heavy (non-hydrogen) atoms. The first-order valence-electron chi connectivity index (χ1n) is 6.39. The van der Waals surface area contributed by atoms with E-state index in [1.165, 1.54) is 11.3 Å². The van der Waals surface area contributed by atoms with Crippen molar-refractivity contribution < 1.29 is 14.7 Å². The van der Waals surface area contributed by atoms with Crippen LogP contribution in [0.15, 0.2) is 29.6 Å². The molecular weight excluding hydrogens is 288 g/mol. The molecule has 3 N–H and O–H groups in total. The molecule has 0 atom stereocenters. The lowest BCUT2D eigenvalue weighted by Gasteiger charge is -2.12. The Morgan fingerprint density at radius 3 is 2.71 bits per heavy atom. The Morgan fingerprint density at radius 2 is 2.10 bits per heavy atom. The maximum Gasteiger partial charge on any atom is 0.336 e. The van der Waals surface area contributed by atoms with Crippen LogP contribution in [0.25, 0.3) is 0 Å². The largest absolute Gasteiger partial charge is 0.478 e. The molecule has 0 fully saturated rings. The van der Waals surface area contributed by atoms with E-state index in [1.807, 2.05) is 19.1 Å². The summed E-state index contributed by atoms with van der Waals surface area (Å²) in [5, 5.41) is 16.4. The number of carbonyl (C=O) groups is 2. The first-order valence-corrected chi connectivity index (χ1v) is 7.27. The number of amides is 1. The number of anilines is 1. The highest BCUT2D eigenvalue weighted by Crippen LogP contribution is 2.21. The molecule has 0 unspecified atom stereocenters. The molecular formula is C15H16N2O3S. The summed E-state index contributed by atoms with van der Waals surface area (Å²) in [6.45, 7) is 2.40. The van der Waals surface area contributed by atoms with Gasteiger partial charge < -0.3 is 15.7 Å². The van der Waals surface area contributed by atoms with E-state index in [-0.39, 0.29) is 5.91 Å². The number of hydrogen-bond donors (Lipinski definition) is 3. The number of carboxylic acid groups (broad SMARTS) is 1. The maximum absolute atomic E-state index is 11.7. The van der Waals surface area contributed by atoms with E-state index < -0.39 is 5.97 Å². The lowest BCUT2D eigenvalue weighted by atomic mass is 10.1. The monoisotopic (exact) mass is 304 g/mol. The zero-order valence-corrected chi connectivity index (χ0v) is 12.6. The zero-order valence-electron chi connectivity index (χ0n) is 11.8. The first-order chi connectivity index (χ1) is 10.0. The summed E-state index contributed by atoms with van der Waals surface area (Å²) >= 11 is 1.40. The summed E-state index contributed by atoms with van der Waals surface area (Å²) in [5.74, 6) is -1.05. The Bertz CT molecular complexity index is 679. The molecule has 0 bridgehead atoms. The molecule has 0 aliphatic rings. The fraction of sp³-hybridized carbons (Fsp3) is 0.200. The van der Waals surface area contributed by atoms with E-state index in [0.29, 0.717) is 17.7 Å². The zero-order chi connectivity index (χ0) is 15.4. The Morgan fingerprint density at radius 1 is 1.33 bits per heavy atom. The molecule has 0 saturated heterocycles. The summed E-state index contributed by atoms with van der Waals surface area (Å²) in [6, 6.07) is 7.13. The molecule has 0 aliphatic carbocycles. The molecule has 6 heteroatoms. The van der Waals surface area contributed by atoms with Crippen molar-refractivity contribution in [3.8, 4) is 0 Å². The fourth-order valence-electron chi connectivity index (χ4n) is 1.98.